The second-order valence-electron chi connectivity index (χ2n) is 10.6. The summed E-state index contributed by atoms with van der Waals surface area (Å²) >= 11 is 0. The van der Waals surface area contributed by atoms with Crippen LogP contribution in [0.25, 0.3) is 28.0 Å². The van der Waals surface area contributed by atoms with Gasteiger partial charge in [-0.2, -0.15) is 4.98 Å². The lowest BCUT2D eigenvalue weighted by Crippen LogP contribution is -2.54. The number of carbonyl (C=O) groups is 1. The number of phenols is 1. The van der Waals surface area contributed by atoms with Gasteiger partial charge in [-0.25, -0.2) is 23.1 Å². The molecule has 5 rings (SSSR count). The molecule has 1 N–H and O–H groups in total. The summed E-state index contributed by atoms with van der Waals surface area (Å²) in [5.74, 6) is -2.17. The maximum absolute atomic E-state index is 15.8. The SMILES string of the molecule is C=CC(=O)N1CCN(c2nc(=O)n(-c3c(C)cccc3C(C)C)c3nc(-c4c(O)cccc4F)c(F)cc23)C[C@@H]1C. The van der Waals surface area contributed by atoms with Gasteiger partial charge in [-0.1, -0.05) is 44.7 Å². The molecule has 1 saturated heterocycles. The van der Waals surface area contributed by atoms with Gasteiger partial charge in [-0.3, -0.25) is 4.79 Å². The number of hydrogen-bond acceptors (Lipinski definition) is 6. The average Bonchev–Trinajstić information content (AvgIpc) is 2.93. The summed E-state index contributed by atoms with van der Waals surface area (Å²) in [6, 6.07) is 10.3. The molecule has 2 aromatic carbocycles. The Labute approximate surface area is 236 Å². The number of anilines is 1. The van der Waals surface area contributed by atoms with Crippen LogP contribution < -0.4 is 10.6 Å². The lowest BCUT2D eigenvalue weighted by atomic mass is 9.98. The Balaban J connectivity index is 1.82. The molecule has 0 spiro atoms. The first-order valence-electron chi connectivity index (χ1n) is 13.4. The predicted octanol–water partition coefficient (Wildman–Crippen LogP) is 5.09. The van der Waals surface area contributed by atoms with Gasteiger partial charge >= 0.3 is 5.69 Å². The van der Waals surface area contributed by atoms with E-state index in [9.17, 15) is 19.1 Å². The van der Waals surface area contributed by atoms with Crippen LogP contribution in [0.4, 0.5) is 14.6 Å². The number of rotatable bonds is 5. The van der Waals surface area contributed by atoms with E-state index in [1.807, 2.05) is 50.8 Å². The molecule has 41 heavy (non-hydrogen) atoms. The number of nitrogens with zero attached hydrogens (tertiary/aromatic N) is 5. The van der Waals surface area contributed by atoms with Gasteiger partial charge < -0.3 is 14.9 Å². The van der Waals surface area contributed by atoms with E-state index in [-0.39, 0.29) is 34.7 Å². The highest BCUT2D eigenvalue weighted by atomic mass is 19.1. The molecule has 1 aliphatic rings. The maximum Gasteiger partial charge on any atom is 0.355 e. The van der Waals surface area contributed by atoms with Crippen LogP contribution in [0.1, 0.15) is 37.8 Å². The van der Waals surface area contributed by atoms with E-state index in [1.165, 1.54) is 28.8 Å². The molecule has 2 aromatic heterocycles. The Morgan fingerprint density at radius 2 is 1.85 bits per heavy atom. The standard InChI is InChI=1S/C31H31F2N5O3/c1-6-25(40)37-14-13-36(16-19(37)5)29-21-15-23(33)27(26-22(32)11-8-12-24(26)39)34-30(21)38(31(41)35-29)28-18(4)9-7-10-20(28)17(2)3/h6-12,15,17,19,39H,1,13-14,16H2,2-5H3/t19-/m0/s1. The second kappa shape index (κ2) is 10.8. The van der Waals surface area contributed by atoms with Crippen LogP contribution in [0.2, 0.25) is 0 Å². The van der Waals surface area contributed by atoms with Gasteiger partial charge in [-0.05, 0) is 55.2 Å². The van der Waals surface area contributed by atoms with Crippen LogP contribution in [0.15, 0.2) is 59.9 Å². The zero-order chi connectivity index (χ0) is 29.6. The third-order valence-electron chi connectivity index (χ3n) is 7.53. The zero-order valence-corrected chi connectivity index (χ0v) is 23.4. The fraction of sp³-hybridized carbons (Fsp3) is 0.290. The Hall–Kier alpha value is -4.60. The van der Waals surface area contributed by atoms with Crippen LogP contribution in [0.3, 0.4) is 0 Å². The van der Waals surface area contributed by atoms with Gasteiger partial charge in [0.25, 0.3) is 0 Å². The normalized spacial score (nSPS) is 15.5. The van der Waals surface area contributed by atoms with Gasteiger partial charge in [-0.15, -0.1) is 0 Å². The van der Waals surface area contributed by atoms with Crippen molar-refractivity contribution in [1.29, 1.82) is 0 Å². The van der Waals surface area contributed by atoms with Gasteiger partial charge in [0.1, 0.15) is 23.1 Å². The summed E-state index contributed by atoms with van der Waals surface area (Å²) in [6.45, 7) is 12.3. The number of hydrogen-bond donors (Lipinski definition) is 1. The molecular weight excluding hydrogens is 528 g/mol. The second-order valence-corrected chi connectivity index (χ2v) is 10.6. The fourth-order valence-electron chi connectivity index (χ4n) is 5.52. The van der Waals surface area contributed by atoms with E-state index in [0.717, 1.165) is 17.2 Å². The number of piperazine rings is 1. The van der Waals surface area contributed by atoms with E-state index in [1.54, 1.807) is 4.90 Å². The maximum atomic E-state index is 15.8. The molecule has 1 atom stereocenters. The Morgan fingerprint density at radius 1 is 1.12 bits per heavy atom. The lowest BCUT2D eigenvalue weighted by molar-refractivity contribution is -0.128. The summed E-state index contributed by atoms with van der Waals surface area (Å²) in [5.41, 5.74) is 0.817. The van der Waals surface area contributed by atoms with Gasteiger partial charge in [0.2, 0.25) is 5.91 Å². The third-order valence-corrected chi connectivity index (χ3v) is 7.53. The molecule has 0 unspecified atom stereocenters. The van der Waals surface area contributed by atoms with E-state index in [4.69, 9.17) is 0 Å². The quantitative estimate of drug-likeness (QED) is 0.343. The molecule has 0 bridgehead atoms. The highest BCUT2D eigenvalue weighted by Gasteiger charge is 2.30. The minimum Gasteiger partial charge on any atom is -0.507 e. The first-order chi connectivity index (χ1) is 19.5. The lowest BCUT2D eigenvalue weighted by Gasteiger charge is -2.40. The van der Waals surface area contributed by atoms with Crippen molar-refractivity contribution in [3.63, 3.8) is 0 Å². The first-order valence-corrected chi connectivity index (χ1v) is 13.4. The number of benzene rings is 2. The molecule has 3 heterocycles. The molecule has 1 amide bonds. The van der Waals surface area contributed by atoms with Gasteiger partial charge in [0.05, 0.1) is 16.6 Å². The number of carbonyl (C=O) groups excluding carboxylic acids is 1. The molecule has 212 valence electrons. The summed E-state index contributed by atoms with van der Waals surface area (Å²) in [6.07, 6.45) is 1.26. The third kappa shape index (κ3) is 4.83. The minimum absolute atomic E-state index is 0.0263. The number of fused-ring (bicyclic) bond motifs is 1. The van der Waals surface area contributed by atoms with Crippen molar-refractivity contribution in [3.05, 3.63) is 88.4 Å². The molecule has 4 aromatic rings. The zero-order valence-electron chi connectivity index (χ0n) is 23.4. The van der Waals surface area contributed by atoms with Crippen LogP contribution in [-0.4, -0.2) is 56.1 Å². The van der Waals surface area contributed by atoms with Crippen molar-refractivity contribution in [2.45, 2.75) is 39.7 Å². The number of pyridine rings is 1. The predicted molar refractivity (Wildman–Crippen MR) is 155 cm³/mol. The van der Waals surface area contributed by atoms with Crippen LogP contribution in [-0.2, 0) is 4.79 Å². The van der Waals surface area contributed by atoms with Crippen molar-refractivity contribution in [1.82, 2.24) is 19.4 Å². The summed E-state index contributed by atoms with van der Waals surface area (Å²) in [7, 11) is 0. The largest absolute Gasteiger partial charge is 0.507 e. The highest BCUT2D eigenvalue weighted by molar-refractivity contribution is 5.91. The van der Waals surface area contributed by atoms with Crippen molar-refractivity contribution in [3.8, 4) is 22.7 Å². The topological polar surface area (TPSA) is 91.6 Å². The van der Waals surface area contributed by atoms with E-state index >= 15 is 4.39 Å². The highest BCUT2D eigenvalue weighted by Crippen LogP contribution is 2.36. The number of para-hydroxylation sites is 1. The number of amides is 1. The molecule has 1 aliphatic heterocycles. The van der Waals surface area contributed by atoms with Crippen molar-refractivity contribution in [2.75, 3.05) is 24.5 Å². The van der Waals surface area contributed by atoms with Crippen molar-refractivity contribution < 1.29 is 18.7 Å². The van der Waals surface area contributed by atoms with Crippen molar-refractivity contribution >= 4 is 22.8 Å². The summed E-state index contributed by atoms with van der Waals surface area (Å²) in [5, 5.41) is 10.7. The Bertz CT molecular complexity index is 1730. The number of aromatic nitrogens is 3. The first kappa shape index (κ1) is 27.9. The number of aryl methyl sites for hydroxylation is 1. The van der Waals surface area contributed by atoms with E-state index in [2.05, 4.69) is 16.5 Å². The molecule has 1 fully saturated rings. The Kier molecular flexibility index (Phi) is 7.33. The molecule has 0 radical (unpaired) electrons. The fourth-order valence-corrected chi connectivity index (χ4v) is 5.52. The van der Waals surface area contributed by atoms with Gasteiger partial charge in [0, 0.05) is 25.7 Å². The summed E-state index contributed by atoms with van der Waals surface area (Å²) in [4.78, 5) is 38.6. The molecule has 0 aliphatic carbocycles. The van der Waals surface area contributed by atoms with E-state index < -0.39 is 34.3 Å². The average molecular weight is 560 g/mol. The molecule has 10 heteroatoms. The van der Waals surface area contributed by atoms with Gasteiger partial charge in [0.15, 0.2) is 11.5 Å². The monoisotopic (exact) mass is 559 g/mol. The number of phenolic OH excluding ortho intramolecular Hbond substituents is 1. The van der Waals surface area contributed by atoms with Crippen LogP contribution >= 0.6 is 0 Å². The Morgan fingerprint density at radius 3 is 2.51 bits per heavy atom. The van der Waals surface area contributed by atoms with E-state index in [0.29, 0.717) is 25.3 Å². The van der Waals surface area contributed by atoms with Crippen LogP contribution in [0, 0.1) is 18.6 Å². The number of aromatic hydroxyl groups is 1. The molecule has 0 saturated carbocycles. The van der Waals surface area contributed by atoms with Crippen LogP contribution in [0.5, 0.6) is 5.75 Å². The molecule has 8 nitrogen and oxygen atoms in total. The minimum atomic E-state index is -0.881. The summed E-state index contributed by atoms with van der Waals surface area (Å²) < 4.78 is 32.0. The number of halogens is 2. The molecular formula is C31H31F2N5O3. The smallest absolute Gasteiger partial charge is 0.355 e. The van der Waals surface area contributed by atoms with Crippen molar-refractivity contribution in [2.24, 2.45) is 0 Å².